The number of benzene rings is 1. The van der Waals surface area contributed by atoms with Crippen molar-refractivity contribution in [2.24, 2.45) is 0 Å². The lowest BCUT2D eigenvalue weighted by Gasteiger charge is -2.21. The normalized spacial score (nSPS) is 8.73. The molecule has 10 heteroatoms. The Bertz CT molecular complexity index is 901. The minimum Gasteiger partial charge on any atom is -0.449 e. The van der Waals surface area contributed by atoms with Gasteiger partial charge in [0.1, 0.15) is 35.4 Å². The van der Waals surface area contributed by atoms with Gasteiger partial charge >= 0.3 is 12.2 Å². The summed E-state index contributed by atoms with van der Waals surface area (Å²) in [5.74, 6) is 0. The standard InChI is InChI=1S/C20H16N6O4/c1-3-29-19(27)25(13-15(9-21)10-22)17-5-7-18(8-6-17)26(20(28)30-4-2)14-16(11-23)12-24/h5-8,13-14H,3-4H2,1-2H3. The van der Waals surface area contributed by atoms with Crippen molar-refractivity contribution in [3.8, 4) is 24.3 Å². The van der Waals surface area contributed by atoms with Crippen molar-refractivity contribution in [1.29, 1.82) is 21.0 Å². The Labute approximate surface area is 173 Å². The Hall–Kier alpha value is -4.80. The smallest absolute Gasteiger partial charge is 0.418 e. The number of amides is 2. The Morgan fingerprint density at radius 2 is 1.07 bits per heavy atom. The lowest BCUT2D eigenvalue weighted by atomic mass is 10.2. The number of ether oxygens (including phenoxy) is 2. The van der Waals surface area contributed by atoms with E-state index < -0.39 is 12.2 Å². The first-order valence-corrected chi connectivity index (χ1v) is 8.51. The Kier molecular flexibility index (Phi) is 9.15. The van der Waals surface area contributed by atoms with Gasteiger partial charge in [-0.3, -0.25) is 9.80 Å². The summed E-state index contributed by atoms with van der Waals surface area (Å²) >= 11 is 0. The summed E-state index contributed by atoms with van der Waals surface area (Å²) in [5.41, 5.74) is -0.158. The number of nitriles is 4. The zero-order chi connectivity index (χ0) is 22.5. The Balaban J connectivity index is 3.41. The number of carbonyl (C=O) groups excluding carboxylic acids is 2. The molecule has 0 N–H and O–H groups in total. The van der Waals surface area contributed by atoms with Crippen molar-refractivity contribution < 1.29 is 19.1 Å². The SMILES string of the molecule is CCOC(=O)N(C=C(C#N)C#N)c1ccc(N(C=C(C#N)C#N)C(=O)OCC)cc1. The molecule has 150 valence electrons. The predicted octanol–water partition coefficient (Wildman–Crippen LogP) is 3.47. The molecule has 0 saturated carbocycles. The highest BCUT2D eigenvalue weighted by Gasteiger charge is 2.19. The molecule has 1 aromatic rings. The molecule has 1 rings (SSSR count). The number of rotatable bonds is 6. The molecule has 0 radical (unpaired) electrons. The second-order valence-electron chi connectivity index (χ2n) is 5.19. The van der Waals surface area contributed by atoms with E-state index >= 15 is 0 Å². The van der Waals surface area contributed by atoms with Crippen molar-refractivity contribution in [3.05, 3.63) is 47.8 Å². The molecule has 0 saturated heterocycles. The highest BCUT2D eigenvalue weighted by Crippen LogP contribution is 2.24. The van der Waals surface area contributed by atoms with Crippen LogP contribution in [0.2, 0.25) is 0 Å². The van der Waals surface area contributed by atoms with Crippen LogP contribution in [0, 0.1) is 45.3 Å². The number of hydrogen-bond acceptors (Lipinski definition) is 8. The molecule has 0 aliphatic heterocycles. The molecule has 10 nitrogen and oxygen atoms in total. The number of allylic oxidation sites excluding steroid dienone is 2. The van der Waals surface area contributed by atoms with Crippen LogP contribution in [0.25, 0.3) is 0 Å². The summed E-state index contributed by atoms with van der Waals surface area (Å²) in [6, 6.07) is 12.3. The first kappa shape index (κ1) is 23.2. The van der Waals surface area contributed by atoms with Crippen molar-refractivity contribution in [1.82, 2.24) is 0 Å². The second-order valence-corrected chi connectivity index (χ2v) is 5.19. The molecular formula is C20H16N6O4. The van der Waals surface area contributed by atoms with Crippen LogP contribution < -0.4 is 9.80 Å². The van der Waals surface area contributed by atoms with Gasteiger partial charge in [-0.2, -0.15) is 21.0 Å². The molecule has 2 amide bonds. The molecule has 0 unspecified atom stereocenters. The maximum atomic E-state index is 12.2. The molecule has 0 heterocycles. The van der Waals surface area contributed by atoms with Crippen molar-refractivity contribution >= 4 is 23.6 Å². The maximum absolute atomic E-state index is 12.2. The van der Waals surface area contributed by atoms with Gasteiger partial charge in [0, 0.05) is 12.4 Å². The quantitative estimate of drug-likeness (QED) is 0.653. The van der Waals surface area contributed by atoms with Gasteiger partial charge in [0.2, 0.25) is 0 Å². The lowest BCUT2D eigenvalue weighted by molar-refractivity contribution is 0.161. The van der Waals surface area contributed by atoms with Gasteiger partial charge in [-0.05, 0) is 38.1 Å². The molecular weight excluding hydrogens is 388 g/mol. The number of anilines is 2. The van der Waals surface area contributed by atoms with E-state index in [9.17, 15) is 9.59 Å². The fourth-order valence-electron chi connectivity index (χ4n) is 2.05. The third kappa shape index (κ3) is 6.13. The molecule has 0 atom stereocenters. The van der Waals surface area contributed by atoms with E-state index in [2.05, 4.69) is 0 Å². The van der Waals surface area contributed by atoms with E-state index in [1.165, 1.54) is 24.3 Å². The van der Waals surface area contributed by atoms with E-state index in [0.717, 1.165) is 22.2 Å². The van der Waals surface area contributed by atoms with Gasteiger partial charge in [0.15, 0.2) is 0 Å². The van der Waals surface area contributed by atoms with Crippen LogP contribution in [0.15, 0.2) is 47.8 Å². The Morgan fingerprint density at radius 3 is 1.30 bits per heavy atom. The summed E-state index contributed by atoms with van der Waals surface area (Å²) in [4.78, 5) is 26.4. The van der Waals surface area contributed by atoms with Gasteiger partial charge in [-0.25, -0.2) is 9.59 Å². The van der Waals surface area contributed by atoms with E-state index in [0.29, 0.717) is 0 Å². The van der Waals surface area contributed by atoms with E-state index in [-0.39, 0.29) is 35.7 Å². The first-order valence-electron chi connectivity index (χ1n) is 8.51. The van der Waals surface area contributed by atoms with Crippen LogP contribution in [0.5, 0.6) is 0 Å². The van der Waals surface area contributed by atoms with Crippen LogP contribution in [-0.2, 0) is 9.47 Å². The second kappa shape index (κ2) is 11.8. The third-order valence-corrected chi connectivity index (χ3v) is 3.33. The fraction of sp³-hybridized carbons (Fsp3) is 0.200. The first-order chi connectivity index (χ1) is 14.4. The van der Waals surface area contributed by atoms with E-state index in [4.69, 9.17) is 30.5 Å². The van der Waals surface area contributed by atoms with Gasteiger partial charge in [0.05, 0.1) is 24.6 Å². The molecule has 0 aromatic heterocycles. The van der Waals surface area contributed by atoms with Gasteiger partial charge in [-0.1, -0.05) is 0 Å². The van der Waals surface area contributed by atoms with Crippen molar-refractivity contribution in [2.75, 3.05) is 23.0 Å². The van der Waals surface area contributed by atoms with Gasteiger partial charge < -0.3 is 9.47 Å². The van der Waals surface area contributed by atoms with Crippen LogP contribution in [-0.4, -0.2) is 25.4 Å². The molecule has 30 heavy (non-hydrogen) atoms. The molecule has 1 aromatic carbocycles. The summed E-state index contributed by atoms with van der Waals surface area (Å²) < 4.78 is 9.87. The molecule has 0 bridgehead atoms. The number of nitrogens with zero attached hydrogens (tertiary/aromatic N) is 6. The van der Waals surface area contributed by atoms with Crippen molar-refractivity contribution in [3.63, 3.8) is 0 Å². The van der Waals surface area contributed by atoms with Crippen LogP contribution in [0.3, 0.4) is 0 Å². The lowest BCUT2D eigenvalue weighted by Crippen LogP contribution is -2.28. The van der Waals surface area contributed by atoms with Gasteiger partial charge in [0.25, 0.3) is 0 Å². The fourth-order valence-corrected chi connectivity index (χ4v) is 2.05. The van der Waals surface area contributed by atoms with Crippen LogP contribution >= 0.6 is 0 Å². The average Bonchev–Trinajstić information content (AvgIpc) is 2.76. The summed E-state index contributed by atoms with van der Waals surface area (Å²) in [6.45, 7) is 3.35. The van der Waals surface area contributed by atoms with E-state index in [1.54, 1.807) is 38.1 Å². The minimum atomic E-state index is -0.813. The largest absolute Gasteiger partial charge is 0.449 e. The monoisotopic (exact) mass is 404 g/mol. The zero-order valence-corrected chi connectivity index (χ0v) is 16.2. The minimum absolute atomic E-state index is 0.0717. The predicted molar refractivity (Wildman–Crippen MR) is 104 cm³/mol. The highest BCUT2D eigenvalue weighted by molar-refractivity contribution is 5.93. The molecule has 0 aliphatic carbocycles. The van der Waals surface area contributed by atoms with Crippen LogP contribution in [0.1, 0.15) is 13.8 Å². The Morgan fingerprint density at radius 1 is 0.767 bits per heavy atom. The zero-order valence-electron chi connectivity index (χ0n) is 16.2. The summed E-state index contributed by atoms with van der Waals surface area (Å²) in [5, 5.41) is 35.8. The summed E-state index contributed by atoms with van der Waals surface area (Å²) in [6.07, 6.45) is 0.428. The number of hydrogen-bond donors (Lipinski definition) is 0. The molecule has 0 aliphatic rings. The maximum Gasteiger partial charge on any atom is 0.418 e. The molecule has 0 spiro atoms. The topological polar surface area (TPSA) is 154 Å². The summed E-state index contributed by atoms with van der Waals surface area (Å²) in [7, 11) is 0. The van der Waals surface area contributed by atoms with E-state index in [1.807, 2.05) is 0 Å². The molecule has 0 fully saturated rings. The number of carbonyl (C=O) groups is 2. The highest BCUT2D eigenvalue weighted by atomic mass is 16.6. The van der Waals surface area contributed by atoms with Crippen LogP contribution in [0.4, 0.5) is 21.0 Å². The third-order valence-electron chi connectivity index (χ3n) is 3.33. The van der Waals surface area contributed by atoms with Gasteiger partial charge in [-0.15, -0.1) is 0 Å². The average molecular weight is 404 g/mol. The van der Waals surface area contributed by atoms with Crippen molar-refractivity contribution in [2.45, 2.75) is 13.8 Å².